The molecule has 0 aliphatic heterocycles. The van der Waals surface area contributed by atoms with E-state index in [1.165, 1.54) is 19.2 Å². The molecule has 1 aromatic rings. The summed E-state index contributed by atoms with van der Waals surface area (Å²) in [5, 5.41) is 20.5. The number of nitrogens with two attached hydrogens (primary N) is 1. The third-order valence-corrected chi connectivity index (χ3v) is 12.7. The van der Waals surface area contributed by atoms with Gasteiger partial charge in [0.2, 0.25) is 10.0 Å². The molecular formula is C26H45N5O10SSi. The number of nitro benzene ring substituents is 1. The maximum Gasteiger partial charge on any atom is 0.323 e. The van der Waals surface area contributed by atoms with Gasteiger partial charge in [0.1, 0.15) is 24.3 Å². The average molecular weight is 648 g/mol. The van der Waals surface area contributed by atoms with Gasteiger partial charge in [0.25, 0.3) is 11.6 Å². The second kappa shape index (κ2) is 15.2. The standard InChI is InChI=1S/C26H45N5O10SSi/c1-25(2,3)40-24(35)22(27)26(4,5)43(7,8)41-19(23(34)29-30(6)17-21(32)33)14-11-12-16-28-42(38,39)20-15-10-9-13-18(20)31(36)37/h9-10,13,15,19,22,28H,11-12,14,16-17,27H2,1-8H3,(H,29,34)(H,32,33). The van der Waals surface area contributed by atoms with Crippen molar-refractivity contribution in [3.63, 3.8) is 0 Å². The van der Waals surface area contributed by atoms with Crippen LogP contribution in [0.1, 0.15) is 53.9 Å². The molecule has 0 aliphatic carbocycles. The number of likely N-dealkylation sites (N-methyl/N-ethyl adjacent to an activating group) is 1. The number of carbonyl (C=O) groups is 3. The lowest BCUT2D eigenvalue weighted by atomic mass is 10.0. The molecule has 0 aliphatic rings. The summed E-state index contributed by atoms with van der Waals surface area (Å²) in [4.78, 5) is 47.1. The minimum Gasteiger partial charge on any atom is -0.480 e. The maximum atomic E-state index is 13.2. The number of nitrogens with one attached hydrogen (secondary N) is 2. The van der Waals surface area contributed by atoms with E-state index < -0.39 is 81.0 Å². The fourth-order valence-electron chi connectivity index (χ4n) is 3.86. The number of hydrazine groups is 1. The first-order valence-corrected chi connectivity index (χ1v) is 18.0. The summed E-state index contributed by atoms with van der Waals surface area (Å²) in [6, 6.07) is 3.91. The van der Waals surface area contributed by atoms with Gasteiger partial charge in [-0.3, -0.25) is 29.9 Å². The zero-order valence-corrected chi connectivity index (χ0v) is 27.8. The van der Waals surface area contributed by atoms with Crippen LogP contribution in [0.2, 0.25) is 18.1 Å². The van der Waals surface area contributed by atoms with Gasteiger partial charge < -0.3 is 20.0 Å². The maximum absolute atomic E-state index is 13.2. The largest absolute Gasteiger partial charge is 0.480 e. The van der Waals surface area contributed by atoms with Gasteiger partial charge >= 0.3 is 11.9 Å². The highest BCUT2D eigenvalue weighted by atomic mass is 32.2. The number of ether oxygens (including phenoxy) is 1. The Hall–Kier alpha value is -2.96. The monoisotopic (exact) mass is 647 g/mol. The molecule has 1 rings (SSSR count). The van der Waals surface area contributed by atoms with Crippen LogP contribution in [0.15, 0.2) is 29.2 Å². The molecule has 0 saturated heterocycles. The van der Waals surface area contributed by atoms with Gasteiger partial charge in [0.05, 0.1) is 4.92 Å². The van der Waals surface area contributed by atoms with Gasteiger partial charge in [-0.2, -0.15) is 0 Å². The summed E-state index contributed by atoms with van der Waals surface area (Å²) in [6.07, 6.45) is -0.423. The molecule has 0 saturated carbocycles. The van der Waals surface area contributed by atoms with E-state index in [1.54, 1.807) is 47.7 Å². The first-order chi connectivity index (χ1) is 19.5. The molecule has 15 nitrogen and oxygen atoms in total. The molecule has 244 valence electrons. The first-order valence-electron chi connectivity index (χ1n) is 13.6. The smallest absolute Gasteiger partial charge is 0.323 e. The number of carboxylic acid groups (broad SMARTS) is 1. The number of para-hydroxylation sites is 1. The molecule has 0 spiro atoms. The van der Waals surface area contributed by atoms with Crippen LogP contribution in [-0.4, -0.2) is 87.5 Å². The highest BCUT2D eigenvalue weighted by Gasteiger charge is 2.50. The molecule has 17 heteroatoms. The predicted molar refractivity (Wildman–Crippen MR) is 161 cm³/mol. The van der Waals surface area contributed by atoms with Crippen LogP contribution in [0.5, 0.6) is 0 Å². The molecule has 43 heavy (non-hydrogen) atoms. The third-order valence-electron chi connectivity index (χ3n) is 6.93. The van der Waals surface area contributed by atoms with Gasteiger partial charge in [0, 0.05) is 24.7 Å². The summed E-state index contributed by atoms with van der Waals surface area (Å²) in [6.45, 7) is 11.8. The van der Waals surface area contributed by atoms with Crippen molar-refractivity contribution >= 4 is 41.9 Å². The fourth-order valence-corrected chi connectivity index (χ4v) is 7.21. The Morgan fingerprint density at radius 3 is 2.26 bits per heavy atom. The van der Waals surface area contributed by atoms with Crippen LogP contribution < -0.4 is 15.9 Å². The molecule has 5 N–H and O–H groups in total. The zero-order valence-electron chi connectivity index (χ0n) is 26.0. The van der Waals surface area contributed by atoms with Crippen LogP contribution in [0.4, 0.5) is 5.69 Å². The summed E-state index contributed by atoms with van der Waals surface area (Å²) < 4.78 is 39.5. The van der Waals surface area contributed by atoms with E-state index in [-0.39, 0.29) is 19.4 Å². The number of amides is 1. The second-order valence-corrected chi connectivity index (χ2v) is 18.5. The average Bonchev–Trinajstić information content (AvgIpc) is 2.85. The predicted octanol–water partition coefficient (Wildman–Crippen LogP) is 2.13. The number of rotatable bonds is 17. The Morgan fingerprint density at radius 2 is 1.72 bits per heavy atom. The van der Waals surface area contributed by atoms with Crippen molar-refractivity contribution in [1.29, 1.82) is 0 Å². The van der Waals surface area contributed by atoms with Crippen LogP contribution in [0.3, 0.4) is 0 Å². The zero-order chi connectivity index (χ0) is 33.4. The van der Waals surface area contributed by atoms with E-state index in [9.17, 15) is 32.9 Å². The molecule has 1 aromatic carbocycles. The number of hydrogen-bond acceptors (Lipinski definition) is 11. The number of sulfonamides is 1. The fraction of sp³-hybridized carbons (Fsp3) is 0.654. The van der Waals surface area contributed by atoms with Crippen molar-refractivity contribution in [2.45, 2.75) is 94.7 Å². The Kier molecular flexibility index (Phi) is 13.4. The summed E-state index contributed by atoms with van der Waals surface area (Å²) in [5.74, 6) is -2.40. The van der Waals surface area contributed by atoms with Gasteiger partial charge in [-0.1, -0.05) is 26.0 Å². The molecule has 1 amide bonds. The van der Waals surface area contributed by atoms with Crippen LogP contribution in [-0.2, 0) is 33.6 Å². The Bertz CT molecular complexity index is 1270. The van der Waals surface area contributed by atoms with Gasteiger partial charge in [-0.15, -0.1) is 0 Å². The van der Waals surface area contributed by atoms with E-state index in [4.69, 9.17) is 20.0 Å². The van der Waals surface area contributed by atoms with Crippen LogP contribution in [0.25, 0.3) is 0 Å². The molecule has 0 bridgehead atoms. The van der Waals surface area contributed by atoms with Crippen molar-refractivity contribution in [2.75, 3.05) is 20.1 Å². The van der Waals surface area contributed by atoms with E-state index in [1.807, 2.05) is 0 Å². The molecule has 2 unspecified atom stereocenters. The number of benzene rings is 1. The number of unbranched alkanes of at least 4 members (excludes halogenated alkanes) is 1. The number of esters is 1. The number of carboxylic acids is 1. The second-order valence-electron chi connectivity index (χ2n) is 12.2. The minimum absolute atomic E-state index is 0.0720. The highest BCUT2D eigenvalue weighted by Crippen LogP contribution is 2.42. The number of nitrogens with zero attached hydrogens (tertiary/aromatic N) is 2. The third kappa shape index (κ3) is 11.6. The van der Waals surface area contributed by atoms with Crippen LogP contribution in [0, 0.1) is 10.1 Å². The number of carbonyl (C=O) groups excluding carboxylic acids is 2. The molecule has 0 fully saturated rings. The normalized spacial score (nSPS) is 14.2. The highest BCUT2D eigenvalue weighted by molar-refractivity contribution is 7.89. The molecule has 0 radical (unpaired) electrons. The van der Waals surface area contributed by atoms with Crippen molar-refractivity contribution in [3.05, 3.63) is 34.4 Å². The Labute approximate surface area is 253 Å². The number of nitro groups is 1. The van der Waals surface area contributed by atoms with Crippen molar-refractivity contribution < 1.29 is 42.0 Å². The van der Waals surface area contributed by atoms with E-state index in [0.717, 1.165) is 17.1 Å². The Morgan fingerprint density at radius 1 is 1.14 bits per heavy atom. The lowest BCUT2D eigenvalue weighted by Crippen LogP contribution is -2.58. The van der Waals surface area contributed by atoms with E-state index >= 15 is 0 Å². The lowest BCUT2D eigenvalue weighted by Gasteiger charge is -2.44. The van der Waals surface area contributed by atoms with Gasteiger partial charge in [0.15, 0.2) is 13.2 Å². The molecule has 2 atom stereocenters. The first kappa shape index (κ1) is 38.1. The van der Waals surface area contributed by atoms with Crippen molar-refractivity contribution in [3.8, 4) is 0 Å². The number of aliphatic carboxylic acids is 1. The Balaban J connectivity index is 3.04. The molecule has 0 heterocycles. The molecule has 0 aromatic heterocycles. The van der Waals surface area contributed by atoms with Gasteiger partial charge in [-0.05, 0) is 59.2 Å². The van der Waals surface area contributed by atoms with Crippen molar-refractivity contribution in [2.24, 2.45) is 5.73 Å². The van der Waals surface area contributed by atoms with E-state index in [2.05, 4.69) is 10.1 Å². The quantitative estimate of drug-likeness (QED) is 0.0628. The summed E-state index contributed by atoms with van der Waals surface area (Å²) in [7, 11) is -5.79. The van der Waals surface area contributed by atoms with Crippen molar-refractivity contribution in [1.82, 2.24) is 15.2 Å². The topological polar surface area (TPSA) is 220 Å². The molecular weight excluding hydrogens is 602 g/mol. The SMILES string of the molecule is CN(CC(=O)O)NC(=O)C(CCCCNS(=O)(=O)c1ccccc1[N+](=O)[O-])O[Si](C)(C)C(C)(C)C(N)C(=O)OC(C)(C)C. The summed E-state index contributed by atoms with van der Waals surface area (Å²) in [5.41, 5.74) is 7.50. The summed E-state index contributed by atoms with van der Waals surface area (Å²) >= 11 is 0. The lowest BCUT2D eigenvalue weighted by molar-refractivity contribution is -0.387. The van der Waals surface area contributed by atoms with Gasteiger partial charge in [-0.25, -0.2) is 18.1 Å². The number of hydrogen-bond donors (Lipinski definition) is 4. The van der Waals surface area contributed by atoms with E-state index in [0.29, 0.717) is 6.42 Å². The minimum atomic E-state index is -4.17. The van der Waals surface area contributed by atoms with Crippen LogP contribution >= 0.6 is 0 Å².